The van der Waals surface area contributed by atoms with Gasteiger partial charge in [0.25, 0.3) is 0 Å². The molecule has 3 rings (SSSR count). The van der Waals surface area contributed by atoms with Crippen molar-refractivity contribution >= 4 is 6.08 Å². The van der Waals surface area contributed by atoms with Crippen LogP contribution >= 0.6 is 0 Å². The second kappa shape index (κ2) is 8.89. The summed E-state index contributed by atoms with van der Waals surface area (Å²) in [7, 11) is 1.63. The Labute approximate surface area is 149 Å². The number of piperazine rings is 1. The summed E-state index contributed by atoms with van der Waals surface area (Å²) in [5.41, 5.74) is 2.66. The van der Waals surface area contributed by atoms with Crippen LogP contribution in [0.2, 0.25) is 0 Å². The van der Waals surface area contributed by atoms with Gasteiger partial charge in [-0.05, 0) is 12.5 Å². The highest BCUT2D eigenvalue weighted by Gasteiger charge is 2.19. The molecule has 0 aliphatic carbocycles. The smallest absolute Gasteiger partial charge is 0.240 e. The SMILES string of the molecule is COCc1noc(CN2CCN(C/C(C)=C/c3ccccc3)CC2)n1. The van der Waals surface area contributed by atoms with Gasteiger partial charge in [-0.15, -0.1) is 0 Å². The number of hydrogen-bond donors (Lipinski definition) is 0. The number of nitrogens with zero attached hydrogens (tertiary/aromatic N) is 4. The molecule has 0 amide bonds. The van der Waals surface area contributed by atoms with Crippen molar-refractivity contribution in [3.8, 4) is 0 Å². The van der Waals surface area contributed by atoms with E-state index in [2.05, 4.69) is 57.2 Å². The van der Waals surface area contributed by atoms with Gasteiger partial charge in [-0.1, -0.05) is 47.1 Å². The van der Waals surface area contributed by atoms with Gasteiger partial charge in [0.05, 0.1) is 6.54 Å². The summed E-state index contributed by atoms with van der Waals surface area (Å²) in [5, 5.41) is 3.91. The van der Waals surface area contributed by atoms with Gasteiger partial charge < -0.3 is 9.26 Å². The predicted octanol–water partition coefficient (Wildman–Crippen LogP) is 2.44. The van der Waals surface area contributed by atoms with E-state index in [9.17, 15) is 0 Å². The van der Waals surface area contributed by atoms with E-state index in [4.69, 9.17) is 9.26 Å². The maximum atomic E-state index is 5.27. The molecule has 2 aromatic rings. The van der Waals surface area contributed by atoms with E-state index in [-0.39, 0.29) is 0 Å². The Morgan fingerprint density at radius 3 is 2.60 bits per heavy atom. The average molecular weight is 342 g/mol. The van der Waals surface area contributed by atoms with E-state index in [1.54, 1.807) is 7.11 Å². The molecule has 0 bridgehead atoms. The standard InChI is InChI=1S/C19H26N4O2/c1-16(12-17-6-4-3-5-7-17)13-22-8-10-23(11-9-22)14-19-20-18(15-24-2)21-25-19/h3-7,12H,8-11,13-15H2,1-2H3/b16-12+. The lowest BCUT2D eigenvalue weighted by Crippen LogP contribution is -2.46. The van der Waals surface area contributed by atoms with Crippen molar-refractivity contribution in [1.29, 1.82) is 0 Å². The number of aromatic nitrogens is 2. The summed E-state index contributed by atoms with van der Waals surface area (Å²) < 4.78 is 10.3. The molecule has 25 heavy (non-hydrogen) atoms. The Morgan fingerprint density at radius 2 is 1.88 bits per heavy atom. The third-order valence-electron chi connectivity index (χ3n) is 4.29. The van der Waals surface area contributed by atoms with Crippen LogP contribution in [0.4, 0.5) is 0 Å². The molecule has 0 saturated carbocycles. The highest BCUT2D eigenvalue weighted by atomic mass is 16.5. The molecule has 134 valence electrons. The minimum absolute atomic E-state index is 0.393. The van der Waals surface area contributed by atoms with E-state index in [1.807, 2.05) is 6.07 Å². The van der Waals surface area contributed by atoms with Crippen LogP contribution in [-0.4, -0.2) is 59.8 Å². The monoisotopic (exact) mass is 342 g/mol. The minimum Gasteiger partial charge on any atom is -0.377 e. The van der Waals surface area contributed by atoms with Crippen LogP contribution in [0.1, 0.15) is 24.2 Å². The third-order valence-corrected chi connectivity index (χ3v) is 4.29. The number of hydrogen-bond acceptors (Lipinski definition) is 6. The van der Waals surface area contributed by atoms with E-state index < -0.39 is 0 Å². The zero-order chi connectivity index (χ0) is 17.5. The number of rotatable bonds is 7. The van der Waals surface area contributed by atoms with Crippen molar-refractivity contribution in [2.45, 2.75) is 20.1 Å². The van der Waals surface area contributed by atoms with Crippen LogP contribution in [0.25, 0.3) is 6.08 Å². The Kier molecular flexibility index (Phi) is 6.33. The van der Waals surface area contributed by atoms with Crippen LogP contribution in [0.5, 0.6) is 0 Å². The zero-order valence-electron chi connectivity index (χ0n) is 15.0. The normalized spacial score (nSPS) is 17.1. The van der Waals surface area contributed by atoms with Crippen molar-refractivity contribution in [3.63, 3.8) is 0 Å². The maximum Gasteiger partial charge on any atom is 0.240 e. The second-order valence-electron chi connectivity index (χ2n) is 6.49. The van der Waals surface area contributed by atoms with Crippen molar-refractivity contribution in [2.75, 3.05) is 39.8 Å². The first kappa shape index (κ1) is 17.8. The molecule has 1 fully saturated rings. The number of methoxy groups -OCH3 is 1. The maximum absolute atomic E-state index is 5.27. The van der Waals surface area contributed by atoms with E-state index in [1.165, 1.54) is 11.1 Å². The lowest BCUT2D eigenvalue weighted by molar-refractivity contribution is 0.123. The number of benzene rings is 1. The van der Waals surface area contributed by atoms with Crippen LogP contribution in [-0.2, 0) is 17.9 Å². The van der Waals surface area contributed by atoms with Gasteiger partial charge in [0.1, 0.15) is 6.61 Å². The molecule has 6 nitrogen and oxygen atoms in total. The fourth-order valence-corrected chi connectivity index (χ4v) is 3.07. The summed E-state index contributed by atoms with van der Waals surface area (Å²) >= 11 is 0. The molecule has 0 spiro atoms. The van der Waals surface area contributed by atoms with E-state index >= 15 is 0 Å². The van der Waals surface area contributed by atoms with Crippen LogP contribution in [0.15, 0.2) is 40.4 Å². The third kappa shape index (κ3) is 5.49. The first-order chi connectivity index (χ1) is 12.2. The van der Waals surface area contributed by atoms with Gasteiger partial charge in [0.2, 0.25) is 5.89 Å². The summed E-state index contributed by atoms with van der Waals surface area (Å²) in [6.07, 6.45) is 2.27. The molecule has 1 aromatic carbocycles. The molecule has 1 aliphatic heterocycles. The van der Waals surface area contributed by atoms with Gasteiger partial charge in [-0.25, -0.2) is 0 Å². The molecular formula is C19H26N4O2. The zero-order valence-corrected chi connectivity index (χ0v) is 15.0. The summed E-state index contributed by atoms with van der Waals surface area (Å²) in [5.74, 6) is 1.28. The lowest BCUT2D eigenvalue weighted by Gasteiger charge is -2.34. The highest BCUT2D eigenvalue weighted by molar-refractivity contribution is 5.52. The first-order valence-electron chi connectivity index (χ1n) is 8.70. The van der Waals surface area contributed by atoms with Crippen molar-refractivity contribution in [3.05, 3.63) is 53.2 Å². The topological polar surface area (TPSA) is 54.6 Å². The van der Waals surface area contributed by atoms with Gasteiger partial charge in [-0.3, -0.25) is 9.80 Å². The first-order valence-corrected chi connectivity index (χ1v) is 8.70. The minimum atomic E-state index is 0.393. The predicted molar refractivity (Wildman–Crippen MR) is 96.8 cm³/mol. The van der Waals surface area contributed by atoms with Crippen molar-refractivity contribution < 1.29 is 9.26 Å². The molecule has 1 saturated heterocycles. The Morgan fingerprint density at radius 1 is 1.16 bits per heavy atom. The molecule has 1 aliphatic rings. The second-order valence-corrected chi connectivity index (χ2v) is 6.49. The van der Waals surface area contributed by atoms with Gasteiger partial charge in [0, 0.05) is 39.8 Å². The molecule has 0 radical (unpaired) electrons. The Balaban J connectivity index is 1.44. The largest absolute Gasteiger partial charge is 0.377 e. The Bertz CT molecular complexity index is 676. The van der Waals surface area contributed by atoms with Crippen LogP contribution in [0, 0.1) is 0 Å². The molecular weight excluding hydrogens is 316 g/mol. The molecule has 2 heterocycles. The molecule has 0 atom stereocenters. The quantitative estimate of drug-likeness (QED) is 0.770. The fraction of sp³-hybridized carbons (Fsp3) is 0.474. The summed E-state index contributed by atoms with van der Waals surface area (Å²) in [6, 6.07) is 10.5. The van der Waals surface area contributed by atoms with Crippen molar-refractivity contribution in [2.24, 2.45) is 0 Å². The molecule has 0 N–H and O–H groups in total. The van der Waals surface area contributed by atoms with Crippen molar-refractivity contribution in [1.82, 2.24) is 19.9 Å². The lowest BCUT2D eigenvalue weighted by atomic mass is 10.1. The van der Waals surface area contributed by atoms with E-state index in [0.29, 0.717) is 24.9 Å². The Hall–Kier alpha value is -2.02. The summed E-state index contributed by atoms with van der Waals surface area (Å²) in [6.45, 7) is 8.46. The van der Waals surface area contributed by atoms with E-state index in [0.717, 1.165) is 32.7 Å². The molecule has 0 unspecified atom stereocenters. The molecule has 1 aromatic heterocycles. The van der Waals surface area contributed by atoms with Gasteiger partial charge >= 0.3 is 0 Å². The van der Waals surface area contributed by atoms with Gasteiger partial charge in [0.15, 0.2) is 5.82 Å². The number of ether oxygens (including phenoxy) is 1. The fourth-order valence-electron chi connectivity index (χ4n) is 3.07. The van der Waals surface area contributed by atoms with Crippen LogP contribution in [0.3, 0.4) is 0 Å². The van der Waals surface area contributed by atoms with Crippen LogP contribution < -0.4 is 0 Å². The highest BCUT2D eigenvalue weighted by Crippen LogP contribution is 2.11. The average Bonchev–Trinajstić information content (AvgIpc) is 3.05. The van der Waals surface area contributed by atoms with Gasteiger partial charge in [-0.2, -0.15) is 4.98 Å². The molecule has 6 heteroatoms. The summed E-state index contributed by atoms with van der Waals surface area (Å²) in [4.78, 5) is 9.19.